The molecule has 3 nitrogen and oxygen atoms in total. The van der Waals surface area contributed by atoms with Gasteiger partial charge in [0.25, 0.3) is 0 Å². The van der Waals surface area contributed by atoms with E-state index in [-0.39, 0.29) is 0 Å². The average molecular weight is 346 g/mol. The maximum atomic E-state index is 12.7. The molecule has 25 heavy (non-hydrogen) atoms. The number of halogens is 1. The molecule has 0 aliphatic heterocycles. The highest BCUT2D eigenvalue weighted by Crippen LogP contribution is 2.31. The maximum Gasteiger partial charge on any atom is 0.532 e. The second-order valence-electron chi connectivity index (χ2n) is 6.58. The second kappa shape index (κ2) is 10.5. The SMILES string of the molecule is CCCCCCCCOC1(B(O)OF)C=CC(c2ccccc2)=CC1. The Morgan fingerprint density at radius 2 is 1.84 bits per heavy atom. The van der Waals surface area contributed by atoms with Gasteiger partial charge in [-0.2, -0.15) is 0 Å². The summed E-state index contributed by atoms with van der Waals surface area (Å²) in [6, 6.07) is 9.94. The van der Waals surface area contributed by atoms with Crippen LogP contribution in [-0.4, -0.2) is 24.2 Å². The topological polar surface area (TPSA) is 38.7 Å². The predicted octanol–water partition coefficient (Wildman–Crippen LogP) is 5.07. The van der Waals surface area contributed by atoms with E-state index < -0.39 is 12.6 Å². The molecule has 1 aliphatic carbocycles. The molecular weight excluding hydrogens is 318 g/mol. The van der Waals surface area contributed by atoms with Crippen LogP contribution in [0.1, 0.15) is 57.4 Å². The summed E-state index contributed by atoms with van der Waals surface area (Å²) >= 11 is 0. The average Bonchev–Trinajstić information content (AvgIpc) is 2.67. The monoisotopic (exact) mass is 346 g/mol. The first-order valence-electron chi connectivity index (χ1n) is 9.26. The van der Waals surface area contributed by atoms with Crippen LogP contribution in [0.25, 0.3) is 5.57 Å². The minimum absolute atomic E-state index is 0.370. The van der Waals surface area contributed by atoms with Crippen molar-refractivity contribution in [2.75, 3.05) is 6.61 Å². The van der Waals surface area contributed by atoms with Crippen molar-refractivity contribution < 1.29 is 19.1 Å². The first-order valence-corrected chi connectivity index (χ1v) is 9.26. The maximum absolute atomic E-state index is 12.7. The van der Waals surface area contributed by atoms with Crippen LogP contribution in [0.3, 0.4) is 0 Å². The molecule has 0 amide bonds. The fourth-order valence-electron chi connectivity index (χ4n) is 3.06. The van der Waals surface area contributed by atoms with Crippen LogP contribution >= 0.6 is 0 Å². The molecule has 0 fully saturated rings. The molecule has 1 unspecified atom stereocenters. The van der Waals surface area contributed by atoms with Crippen LogP contribution in [0.5, 0.6) is 0 Å². The van der Waals surface area contributed by atoms with Gasteiger partial charge in [0.1, 0.15) is 5.50 Å². The van der Waals surface area contributed by atoms with E-state index in [0.29, 0.717) is 13.0 Å². The van der Waals surface area contributed by atoms with Crippen molar-refractivity contribution in [3.8, 4) is 0 Å². The molecule has 0 heterocycles. The van der Waals surface area contributed by atoms with Gasteiger partial charge in [0.2, 0.25) is 0 Å². The van der Waals surface area contributed by atoms with Gasteiger partial charge >= 0.3 is 7.12 Å². The van der Waals surface area contributed by atoms with Crippen molar-refractivity contribution in [3.05, 3.63) is 54.1 Å². The van der Waals surface area contributed by atoms with E-state index in [1.54, 1.807) is 6.08 Å². The summed E-state index contributed by atoms with van der Waals surface area (Å²) in [4.78, 5) is 3.69. The molecule has 0 aromatic heterocycles. The molecule has 0 bridgehead atoms. The lowest BCUT2D eigenvalue weighted by atomic mass is 9.63. The zero-order chi connectivity index (χ0) is 18.0. The van der Waals surface area contributed by atoms with Gasteiger partial charge in [0, 0.05) is 6.61 Å². The number of hydrogen-bond donors (Lipinski definition) is 1. The van der Waals surface area contributed by atoms with Crippen molar-refractivity contribution in [1.29, 1.82) is 0 Å². The molecular formula is C20H28BFO3. The van der Waals surface area contributed by atoms with Gasteiger partial charge < -0.3 is 9.76 Å². The van der Waals surface area contributed by atoms with E-state index in [4.69, 9.17) is 4.74 Å². The predicted molar refractivity (Wildman–Crippen MR) is 100 cm³/mol. The zero-order valence-electron chi connectivity index (χ0n) is 15.0. The summed E-state index contributed by atoms with van der Waals surface area (Å²) in [7, 11) is -1.63. The lowest BCUT2D eigenvalue weighted by Crippen LogP contribution is -2.48. The first-order chi connectivity index (χ1) is 12.2. The Morgan fingerprint density at radius 3 is 2.48 bits per heavy atom. The third kappa shape index (κ3) is 5.80. The smallest absolute Gasteiger partial charge is 0.423 e. The van der Waals surface area contributed by atoms with Crippen LogP contribution in [0.4, 0.5) is 4.53 Å². The summed E-state index contributed by atoms with van der Waals surface area (Å²) in [6.07, 6.45) is 12.8. The zero-order valence-corrected chi connectivity index (χ0v) is 15.0. The molecule has 1 aromatic rings. The Balaban J connectivity index is 1.90. The highest BCUT2D eigenvalue weighted by molar-refractivity contribution is 6.47. The third-order valence-electron chi connectivity index (χ3n) is 4.66. The van der Waals surface area contributed by atoms with Crippen molar-refractivity contribution >= 4 is 12.7 Å². The molecule has 136 valence electrons. The Kier molecular flexibility index (Phi) is 8.39. The number of allylic oxidation sites excluding steroid dienone is 2. The highest BCUT2D eigenvalue weighted by Gasteiger charge is 2.45. The van der Waals surface area contributed by atoms with E-state index in [1.807, 2.05) is 42.5 Å². The van der Waals surface area contributed by atoms with Gasteiger partial charge in [0.15, 0.2) is 0 Å². The van der Waals surface area contributed by atoms with Gasteiger partial charge in [-0.05, 0) is 24.0 Å². The van der Waals surface area contributed by atoms with E-state index in [9.17, 15) is 9.55 Å². The normalized spacial score (nSPS) is 19.7. The largest absolute Gasteiger partial charge is 0.532 e. The number of hydrogen-bond acceptors (Lipinski definition) is 3. The van der Waals surface area contributed by atoms with Crippen LogP contribution in [-0.2, 0) is 9.60 Å². The number of ether oxygens (including phenoxy) is 1. The van der Waals surface area contributed by atoms with Crippen molar-refractivity contribution in [3.63, 3.8) is 0 Å². The Morgan fingerprint density at radius 1 is 1.12 bits per heavy atom. The highest BCUT2D eigenvalue weighted by atomic mass is 19.3. The molecule has 1 aliphatic rings. The molecule has 0 spiro atoms. The summed E-state index contributed by atoms with van der Waals surface area (Å²) in [6.45, 7) is 2.67. The van der Waals surface area contributed by atoms with Gasteiger partial charge in [0.05, 0.1) is 0 Å². The van der Waals surface area contributed by atoms with Gasteiger partial charge in [-0.15, -0.1) is 0 Å². The van der Waals surface area contributed by atoms with Crippen LogP contribution in [0, 0.1) is 0 Å². The summed E-state index contributed by atoms with van der Waals surface area (Å²) < 4.78 is 18.5. The standard InChI is InChI=1S/C20H28BFO3/c1-2-3-4-5-6-10-17-24-20(21(23)25-22)15-13-19(14-16-20)18-11-8-7-9-12-18/h7-9,11-15,23H,2-6,10,16-17H2,1H3. The van der Waals surface area contributed by atoms with Crippen molar-refractivity contribution in [2.45, 2.75) is 57.4 Å². The van der Waals surface area contributed by atoms with E-state index in [1.165, 1.54) is 25.7 Å². The minimum Gasteiger partial charge on any atom is -0.423 e. The lowest BCUT2D eigenvalue weighted by Gasteiger charge is -2.32. The van der Waals surface area contributed by atoms with E-state index >= 15 is 0 Å². The van der Waals surface area contributed by atoms with Gasteiger partial charge in [-0.3, -0.25) is 0 Å². The van der Waals surface area contributed by atoms with Crippen molar-refractivity contribution in [1.82, 2.24) is 0 Å². The summed E-state index contributed by atoms with van der Waals surface area (Å²) in [5.41, 5.74) is 0.959. The molecule has 0 saturated heterocycles. The lowest BCUT2D eigenvalue weighted by molar-refractivity contribution is -0.0694. The van der Waals surface area contributed by atoms with E-state index in [0.717, 1.165) is 24.0 Å². The van der Waals surface area contributed by atoms with Crippen LogP contribution in [0.2, 0.25) is 0 Å². The fourth-order valence-corrected chi connectivity index (χ4v) is 3.06. The van der Waals surface area contributed by atoms with Crippen LogP contribution < -0.4 is 0 Å². The third-order valence-corrected chi connectivity index (χ3v) is 4.66. The molecule has 1 N–H and O–H groups in total. The molecule has 0 saturated carbocycles. The summed E-state index contributed by atoms with van der Waals surface area (Å²) in [5, 5.41) is 9.96. The van der Waals surface area contributed by atoms with Crippen LogP contribution in [0.15, 0.2) is 48.6 Å². The fraction of sp³-hybridized carbons (Fsp3) is 0.500. The quantitative estimate of drug-likeness (QED) is 0.449. The molecule has 5 heteroatoms. The molecule has 0 radical (unpaired) electrons. The molecule has 1 atom stereocenters. The Hall–Kier alpha value is -1.43. The summed E-state index contributed by atoms with van der Waals surface area (Å²) in [5.74, 6) is 0. The number of benzene rings is 1. The minimum atomic E-state index is -1.63. The Labute approximate surface area is 150 Å². The Bertz CT molecular complexity index is 561. The number of rotatable bonds is 11. The molecule has 2 rings (SSSR count). The second-order valence-corrected chi connectivity index (χ2v) is 6.58. The van der Waals surface area contributed by atoms with Crippen molar-refractivity contribution in [2.24, 2.45) is 0 Å². The first kappa shape index (κ1) is 19.9. The van der Waals surface area contributed by atoms with E-state index in [2.05, 4.69) is 11.8 Å². The number of unbranched alkanes of at least 4 members (excludes halogenated alkanes) is 5. The molecule has 1 aromatic carbocycles. The van der Waals surface area contributed by atoms with Gasteiger partial charge in [-0.25, -0.2) is 4.86 Å². The van der Waals surface area contributed by atoms with Gasteiger partial charge in [-0.1, -0.05) is 92.1 Å².